The molecule has 1 N–H and O–H groups in total. The van der Waals surface area contributed by atoms with E-state index in [2.05, 4.69) is 5.32 Å². The number of nitrogens with zero attached hydrogens (tertiary/aromatic N) is 1. The molecule has 3 rings (SSSR count). The van der Waals surface area contributed by atoms with Gasteiger partial charge in [0.05, 0.1) is 13.0 Å². The van der Waals surface area contributed by atoms with E-state index in [-0.39, 0.29) is 11.8 Å². The molecule has 1 saturated heterocycles. The van der Waals surface area contributed by atoms with Gasteiger partial charge in [-0.3, -0.25) is 9.59 Å². The minimum atomic E-state index is 0.0176. The molecule has 1 heterocycles. The lowest BCUT2D eigenvalue weighted by molar-refractivity contribution is -0.120. The first-order valence-electron chi connectivity index (χ1n) is 9.56. The Morgan fingerprint density at radius 2 is 1.81 bits per heavy atom. The molecule has 0 aliphatic carbocycles. The van der Waals surface area contributed by atoms with E-state index in [9.17, 15) is 9.59 Å². The molecule has 0 bridgehead atoms. The summed E-state index contributed by atoms with van der Waals surface area (Å²) in [7, 11) is 0. The summed E-state index contributed by atoms with van der Waals surface area (Å²) in [6.07, 6.45) is 3.68. The number of unbranched alkanes of at least 4 members (excludes halogenated alkanes) is 1. The number of rotatable bonds is 9. The van der Waals surface area contributed by atoms with Crippen LogP contribution in [0.2, 0.25) is 0 Å². The van der Waals surface area contributed by atoms with Crippen LogP contribution in [0.3, 0.4) is 0 Å². The maximum Gasteiger partial charge on any atom is 0.227 e. The van der Waals surface area contributed by atoms with E-state index in [0.717, 1.165) is 42.8 Å². The van der Waals surface area contributed by atoms with E-state index < -0.39 is 0 Å². The van der Waals surface area contributed by atoms with Gasteiger partial charge < -0.3 is 15.0 Å². The standard InChI is InChI=1S/C22H26N2O3/c25-21(23-14-4-5-16-27-20-7-2-1-3-8-20)17-18-10-12-19(13-11-18)24-15-6-9-22(24)26/h1-3,7-8,10-13H,4-6,9,14-17H2,(H,23,25). The highest BCUT2D eigenvalue weighted by Gasteiger charge is 2.21. The summed E-state index contributed by atoms with van der Waals surface area (Å²) in [6, 6.07) is 17.4. The fraction of sp³-hybridized carbons (Fsp3) is 0.364. The van der Waals surface area contributed by atoms with Crippen molar-refractivity contribution in [2.45, 2.75) is 32.1 Å². The first kappa shape index (κ1) is 19.0. The molecule has 142 valence electrons. The van der Waals surface area contributed by atoms with Crippen molar-refractivity contribution < 1.29 is 14.3 Å². The van der Waals surface area contributed by atoms with Crippen LogP contribution in [0.4, 0.5) is 5.69 Å². The van der Waals surface area contributed by atoms with E-state index in [1.54, 1.807) is 4.90 Å². The molecule has 0 unspecified atom stereocenters. The Balaban J connectivity index is 1.31. The van der Waals surface area contributed by atoms with Crippen LogP contribution >= 0.6 is 0 Å². The Kier molecular flexibility index (Phi) is 6.85. The van der Waals surface area contributed by atoms with Crippen molar-refractivity contribution >= 4 is 17.5 Å². The molecule has 0 spiro atoms. The zero-order valence-electron chi connectivity index (χ0n) is 15.5. The van der Waals surface area contributed by atoms with E-state index in [1.807, 2.05) is 54.6 Å². The summed E-state index contributed by atoms with van der Waals surface area (Å²) in [5.74, 6) is 1.07. The minimum absolute atomic E-state index is 0.0176. The predicted molar refractivity (Wildman–Crippen MR) is 106 cm³/mol. The normalized spacial score (nSPS) is 13.6. The average Bonchev–Trinajstić information content (AvgIpc) is 3.12. The van der Waals surface area contributed by atoms with Crippen molar-refractivity contribution in [3.63, 3.8) is 0 Å². The Bertz CT molecular complexity index is 744. The monoisotopic (exact) mass is 366 g/mol. The third kappa shape index (κ3) is 5.84. The lowest BCUT2D eigenvalue weighted by Crippen LogP contribution is -2.26. The number of amides is 2. The van der Waals surface area contributed by atoms with Gasteiger partial charge in [0.15, 0.2) is 0 Å². The number of para-hydroxylation sites is 1. The minimum Gasteiger partial charge on any atom is -0.494 e. The summed E-state index contributed by atoms with van der Waals surface area (Å²) in [6.45, 7) is 2.08. The van der Waals surface area contributed by atoms with Gasteiger partial charge in [-0.15, -0.1) is 0 Å². The summed E-state index contributed by atoms with van der Waals surface area (Å²) in [4.78, 5) is 25.6. The van der Waals surface area contributed by atoms with Gasteiger partial charge >= 0.3 is 0 Å². The molecule has 0 radical (unpaired) electrons. The molecule has 2 aromatic carbocycles. The van der Waals surface area contributed by atoms with Gasteiger partial charge in [0.2, 0.25) is 11.8 Å². The first-order chi connectivity index (χ1) is 13.2. The van der Waals surface area contributed by atoms with Gasteiger partial charge in [-0.25, -0.2) is 0 Å². The number of carbonyl (C=O) groups excluding carboxylic acids is 2. The number of ether oxygens (including phenoxy) is 1. The van der Waals surface area contributed by atoms with E-state index in [0.29, 0.717) is 26.0 Å². The molecule has 5 nitrogen and oxygen atoms in total. The number of anilines is 1. The molecule has 27 heavy (non-hydrogen) atoms. The van der Waals surface area contributed by atoms with E-state index in [1.165, 1.54) is 0 Å². The van der Waals surface area contributed by atoms with Crippen LogP contribution in [0, 0.1) is 0 Å². The van der Waals surface area contributed by atoms with Crippen molar-refractivity contribution in [2.75, 3.05) is 24.6 Å². The highest BCUT2D eigenvalue weighted by Crippen LogP contribution is 2.21. The first-order valence-corrected chi connectivity index (χ1v) is 9.56. The molecule has 1 aliphatic heterocycles. The quantitative estimate of drug-likeness (QED) is 0.693. The van der Waals surface area contributed by atoms with Crippen LogP contribution in [0.5, 0.6) is 5.75 Å². The number of hydrogen-bond donors (Lipinski definition) is 1. The van der Waals surface area contributed by atoms with Crippen molar-refractivity contribution in [1.29, 1.82) is 0 Å². The number of benzene rings is 2. The van der Waals surface area contributed by atoms with Crippen LogP contribution in [0.1, 0.15) is 31.2 Å². The predicted octanol–water partition coefficient (Wildman–Crippen LogP) is 3.33. The molecule has 0 saturated carbocycles. The van der Waals surface area contributed by atoms with Gasteiger partial charge in [0.1, 0.15) is 5.75 Å². The Morgan fingerprint density at radius 3 is 2.52 bits per heavy atom. The summed E-state index contributed by atoms with van der Waals surface area (Å²) < 4.78 is 5.63. The molecule has 1 fully saturated rings. The smallest absolute Gasteiger partial charge is 0.227 e. The van der Waals surface area contributed by atoms with Crippen molar-refractivity contribution in [1.82, 2.24) is 5.32 Å². The van der Waals surface area contributed by atoms with E-state index >= 15 is 0 Å². The third-order valence-electron chi connectivity index (χ3n) is 4.59. The number of carbonyl (C=O) groups is 2. The fourth-order valence-corrected chi connectivity index (χ4v) is 3.12. The maximum atomic E-state index is 12.1. The van der Waals surface area contributed by atoms with Gasteiger partial charge in [-0.1, -0.05) is 30.3 Å². The van der Waals surface area contributed by atoms with E-state index in [4.69, 9.17) is 4.74 Å². The highest BCUT2D eigenvalue weighted by atomic mass is 16.5. The molecular formula is C22H26N2O3. The summed E-state index contributed by atoms with van der Waals surface area (Å²) in [5, 5.41) is 2.95. The molecule has 2 amide bonds. The second-order valence-electron chi connectivity index (χ2n) is 6.71. The molecule has 2 aromatic rings. The van der Waals surface area contributed by atoms with Gasteiger partial charge in [-0.2, -0.15) is 0 Å². The van der Waals surface area contributed by atoms with Gasteiger partial charge in [0, 0.05) is 25.2 Å². The fourth-order valence-electron chi connectivity index (χ4n) is 3.12. The Labute approximate surface area is 160 Å². The van der Waals surface area contributed by atoms with Crippen LogP contribution < -0.4 is 15.0 Å². The SMILES string of the molecule is O=C(Cc1ccc(N2CCCC2=O)cc1)NCCCCOc1ccccc1. The zero-order chi connectivity index (χ0) is 18.9. The molecule has 0 aromatic heterocycles. The highest BCUT2D eigenvalue weighted by molar-refractivity contribution is 5.95. The third-order valence-corrected chi connectivity index (χ3v) is 4.59. The van der Waals surface area contributed by atoms with Crippen molar-refractivity contribution in [2.24, 2.45) is 0 Å². The van der Waals surface area contributed by atoms with Gasteiger partial charge in [-0.05, 0) is 49.1 Å². The summed E-state index contributed by atoms with van der Waals surface area (Å²) in [5.41, 5.74) is 1.87. The Hall–Kier alpha value is -2.82. The van der Waals surface area contributed by atoms with Crippen LogP contribution in [-0.2, 0) is 16.0 Å². The topological polar surface area (TPSA) is 58.6 Å². The Morgan fingerprint density at radius 1 is 1.04 bits per heavy atom. The zero-order valence-corrected chi connectivity index (χ0v) is 15.5. The van der Waals surface area contributed by atoms with Gasteiger partial charge in [0.25, 0.3) is 0 Å². The maximum absolute atomic E-state index is 12.1. The van der Waals surface area contributed by atoms with Crippen LogP contribution in [0.25, 0.3) is 0 Å². The van der Waals surface area contributed by atoms with Crippen LogP contribution in [0.15, 0.2) is 54.6 Å². The molecular weight excluding hydrogens is 340 g/mol. The lowest BCUT2D eigenvalue weighted by Gasteiger charge is -2.15. The van der Waals surface area contributed by atoms with Crippen molar-refractivity contribution in [3.05, 3.63) is 60.2 Å². The lowest BCUT2D eigenvalue weighted by atomic mass is 10.1. The molecule has 1 aliphatic rings. The summed E-state index contributed by atoms with van der Waals surface area (Å²) >= 11 is 0. The molecule has 5 heteroatoms. The average molecular weight is 366 g/mol. The second-order valence-corrected chi connectivity index (χ2v) is 6.71. The second kappa shape index (κ2) is 9.76. The molecule has 0 atom stereocenters. The van der Waals surface area contributed by atoms with Crippen molar-refractivity contribution in [3.8, 4) is 5.75 Å². The number of nitrogens with one attached hydrogen (secondary N) is 1. The number of hydrogen-bond acceptors (Lipinski definition) is 3. The largest absolute Gasteiger partial charge is 0.494 e. The van der Waals surface area contributed by atoms with Crippen LogP contribution in [-0.4, -0.2) is 31.5 Å².